The van der Waals surface area contributed by atoms with Crippen LogP contribution in [-0.4, -0.2) is 56.8 Å². The van der Waals surface area contributed by atoms with Gasteiger partial charge in [-0.15, -0.1) is 0 Å². The lowest BCUT2D eigenvalue weighted by molar-refractivity contribution is 0.183. The molecule has 3 rings (SSSR count). The second-order valence-corrected chi connectivity index (χ2v) is 7.84. The maximum Gasteiger partial charge on any atom is 0.191 e. The summed E-state index contributed by atoms with van der Waals surface area (Å²) in [5.41, 5.74) is 2.34. The number of likely N-dealkylation sites (tertiary alicyclic amines) is 1. The summed E-state index contributed by atoms with van der Waals surface area (Å²) in [6, 6.07) is 4.25. The van der Waals surface area contributed by atoms with Crippen LogP contribution in [0.2, 0.25) is 0 Å². The minimum absolute atomic E-state index is 0.236. The molecule has 0 bridgehead atoms. The SMILES string of the molecule is CCOc1cc2c(cc1CNC(=NC)NCC1CCCN(CC)C1)OC(C)C2. The summed E-state index contributed by atoms with van der Waals surface area (Å²) in [4.78, 5) is 6.93. The van der Waals surface area contributed by atoms with Crippen LogP contribution in [0.25, 0.3) is 0 Å². The third kappa shape index (κ3) is 5.31. The fourth-order valence-electron chi connectivity index (χ4n) is 4.16. The summed E-state index contributed by atoms with van der Waals surface area (Å²) in [6.45, 7) is 12.2. The zero-order chi connectivity index (χ0) is 19.9. The van der Waals surface area contributed by atoms with E-state index in [2.05, 4.69) is 46.5 Å². The summed E-state index contributed by atoms with van der Waals surface area (Å²) >= 11 is 0. The first kappa shape index (κ1) is 20.8. The zero-order valence-corrected chi connectivity index (χ0v) is 17.9. The van der Waals surface area contributed by atoms with Gasteiger partial charge in [0.2, 0.25) is 0 Å². The molecular formula is C22H36N4O2. The number of ether oxygens (including phenoxy) is 2. The van der Waals surface area contributed by atoms with E-state index in [1.807, 2.05) is 14.0 Å². The highest BCUT2D eigenvalue weighted by atomic mass is 16.5. The van der Waals surface area contributed by atoms with E-state index in [-0.39, 0.29) is 6.10 Å². The average molecular weight is 389 g/mol. The fourth-order valence-corrected chi connectivity index (χ4v) is 4.16. The van der Waals surface area contributed by atoms with Crippen molar-refractivity contribution in [1.29, 1.82) is 0 Å². The Balaban J connectivity index is 1.56. The lowest BCUT2D eigenvalue weighted by atomic mass is 9.98. The summed E-state index contributed by atoms with van der Waals surface area (Å²) < 4.78 is 11.8. The molecule has 1 aromatic rings. The summed E-state index contributed by atoms with van der Waals surface area (Å²) in [7, 11) is 1.82. The molecule has 0 spiro atoms. The van der Waals surface area contributed by atoms with Crippen LogP contribution in [-0.2, 0) is 13.0 Å². The standard InChI is InChI=1S/C22H36N4O2/c1-5-26-9-7-8-17(15-26)13-24-22(23-4)25-14-19-12-21-18(10-16(3)28-21)11-20(19)27-6-2/h11-12,16-17H,5-10,13-15H2,1-4H3,(H2,23,24,25). The van der Waals surface area contributed by atoms with E-state index >= 15 is 0 Å². The Morgan fingerprint density at radius 3 is 2.93 bits per heavy atom. The molecule has 6 heteroatoms. The minimum Gasteiger partial charge on any atom is -0.494 e. The topological polar surface area (TPSA) is 58.1 Å². The van der Waals surface area contributed by atoms with Gasteiger partial charge in [-0.2, -0.15) is 0 Å². The monoisotopic (exact) mass is 388 g/mol. The highest BCUT2D eigenvalue weighted by molar-refractivity contribution is 5.79. The summed E-state index contributed by atoms with van der Waals surface area (Å²) in [5, 5.41) is 6.95. The van der Waals surface area contributed by atoms with Gasteiger partial charge in [-0.25, -0.2) is 0 Å². The molecule has 156 valence electrons. The number of aliphatic imine (C=N–C) groups is 1. The van der Waals surface area contributed by atoms with Gasteiger partial charge in [-0.1, -0.05) is 6.92 Å². The van der Waals surface area contributed by atoms with Crippen molar-refractivity contribution >= 4 is 5.96 Å². The number of rotatable bonds is 7. The molecular weight excluding hydrogens is 352 g/mol. The molecule has 0 aromatic heterocycles. The highest BCUT2D eigenvalue weighted by Gasteiger charge is 2.22. The first-order valence-corrected chi connectivity index (χ1v) is 10.7. The van der Waals surface area contributed by atoms with Crippen LogP contribution < -0.4 is 20.1 Å². The van der Waals surface area contributed by atoms with Gasteiger partial charge in [0.15, 0.2) is 5.96 Å². The van der Waals surface area contributed by atoms with Crippen LogP contribution in [0, 0.1) is 5.92 Å². The molecule has 2 unspecified atom stereocenters. The quantitative estimate of drug-likeness (QED) is 0.556. The van der Waals surface area contributed by atoms with E-state index in [0.29, 0.717) is 19.1 Å². The molecule has 28 heavy (non-hydrogen) atoms. The number of benzene rings is 1. The van der Waals surface area contributed by atoms with Crippen molar-refractivity contribution in [3.05, 3.63) is 23.3 Å². The van der Waals surface area contributed by atoms with Gasteiger partial charge in [-0.3, -0.25) is 4.99 Å². The van der Waals surface area contributed by atoms with Crippen LogP contribution in [0.4, 0.5) is 0 Å². The Morgan fingerprint density at radius 2 is 2.18 bits per heavy atom. The van der Waals surface area contributed by atoms with E-state index in [4.69, 9.17) is 9.47 Å². The van der Waals surface area contributed by atoms with E-state index in [0.717, 1.165) is 42.5 Å². The second-order valence-electron chi connectivity index (χ2n) is 7.84. The van der Waals surface area contributed by atoms with Crippen molar-refractivity contribution < 1.29 is 9.47 Å². The first-order valence-electron chi connectivity index (χ1n) is 10.7. The van der Waals surface area contributed by atoms with Crippen molar-refractivity contribution in [1.82, 2.24) is 15.5 Å². The van der Waals surface area contributed by atoms with Crippen LogP contribution >= 0.6 is 0 Å². The fraction of sp³-hybridized carbons (Fsp3) is 0.682. The highest BCUT2D eigenvalue weighted by Crippen LogP contribution is 2.35. The predicted octanol–water partition coefficient (Wildman–Crippen LogP) is 2.81. The van der Waals surface area contributed by atoms with Crippen LogP contribution in [0.3, 0.4) is 0 Å². The predicted molar refractivity (Wildman–Crippen MR) is 114 cm³/mol. The lowest BCUT2D eigenvalue weighted by Crippen LogP contribution is -2.44. The van der Waals surface area contributed by atoms with Gasteiger partial charge in [-0.05, 0) is 57.8 Å². The second kappa shape index (κ2) is 10.0. The van der Waals surface area contributed by atoms with Gasteiger partial charge in [0.1, 0.15) is 17.6 Å². The van der Waals surface area contributed by atoms with Gasteiger partial charge in [0, 0.05) is 44.2 Å². The Bertz CT molecular complexity index is 677. The average Bonchev–Trinajstić information content (AvgIpc) is 3.07. The lowest BCUT2D eigenvalue weighted by Gasteiger charge is -2.32. The van der Waals surface area contributed by atoms with Crippen molar-refractivity contribution in [2.45, 2.75) is 52.7 Å². The Hall–Kier alpha value is -1.95. The number of guanidine groups is 1. The van der Waals surface area contributed by atoms with Gasteiger partial charge >= 0.3 is 0 Å². The molecule has 1 fully saturated rings. The van der Waals surface area contributed by atoms with Crippen molar-refractivity contribution in [3.63, 3.8) is 0 Å². The molecule has 0 radical (unpaired) electrons. The van der Waals surface area contributed by atoms with E-state index < -0.39 is 0 Å². The van der Waals surface area contributed by atoms with Crippen molar-refractivity contribution in [3.8, 4) is 11.5 Å². The molecule has 2 aliphatic heterocycles. The third-order valence-corrected chi connectivity index (χ3v) is 5.66. The number of nitrogens with one attached hydrogen (secondary N) is 2. The number of fused-ring (bicyclic) bond motifs is 1. The van der Waals surface area contributed by atoms with E-state index in [1.165, 1.54) is 31.5 Å². The normalized spacial score (nSPS) is 22.5. The van der Waals surface area contributed by atoms with Crippen LogP contribution in [0.5, 0.6) is 11.5 Å². The van der Waals surface area contributed by atoms with Gasteiger partial charge < -0.3 is 25.0 Å². The first-order chi connectivity index (χ1) is 13.6. The van der Waals surface area contributed by atoms with Crippen LogP contribution in [0.15, 0.2) is 17.1 Å². The molecule has 0 saturated carbocycles. The summed E-state index contributed by atoms with van der Waals surface area (Å²) in [5.74, 6) is 3.44. The summed E-state index contributed by atoms with van der Waals surface area (Å²) in [6.07, 6.45) is 3.76. The Labute approximate surface area is 169 Å². The van der Waals surface area contributed by atoms with Crippen molar-refractivity contribution in [2.24, 2.45) is 10.9 Å². The Kier molecular flexibility index (Phi) is 7.43. The maximum atomic E-state index is 5.93. The Morgan fingerprint density at radius 1 is 1.32 bits per heavy atom. The smallest absolute Gasteiger partial charge is 0.191 e. The molecule has 2 heterocycles. The third-order valence-electron chi connectivity index (χ3n) is 5.66. The number of hydrogen-bond donors (Lipinski definition) is 2. The minimum atomic E-state index is 0.236. The maximum absolute atomic E-state index is 5.93. The molecule has 0 aliphatic carbocycles. The molecule has 2 aliphatic rings. The molecule has 2 N–H and O–H groups in total. The molecule has 2 atom stereocenters. The number of hydrogen-bond acceptors (Lipinski definition) is 4. The van der Waals surface area contributed by atoms with Gasteiger partial charge in [0.25, 0.3) is 0 Å². The molecule has 1 aromatic carbocycles. The van der Waals surface area contributed by atoms with Crippen LogP contribution in [0.1, 0.15) is 44.7 Å². The van der Waals surface area contributed by atoms with Crippen molar-refractivity contribution in [2.75, 3.05) is 39.8 Å². The number of piperidine rings is 1. The zero-order valence-electron chi connectivity index (χ0n) is 17.9. The van der Waals surface area contributed by atoms with Gasteiger partial charge in [0.05, 0.1) is 6.61 Å². The largest absolute Gasteiger partial charge is 0.494 e. The molecule has 1 saturated heterocycles. The van der Waals surface area contributed by atoms with E-state index in [1.54, 1.807) is 0 Å². The number of nitrogens with zero attached hydrogens (tertiary/aromatic N) is 2. The van der Waals surface area contributed by atoms with E-state index in [9.17, 15) is 0 Å². The molecule has 6 nitrogen and oxygen atoms in total. The molecule has 0 amide bonds.